The van der Waals surface area contributed by atoms with Gasteiger partial charge in [0.2, 0.25) is 5.91 Å². The smallest absolute Gasteiger partial charge is 0.246 e. The number of halogens is 1. The van der Waals surface area contributed by atoms with Crippen molar-refractivity contribution in [3.8, 4) is 0 Å². The van der Waals surface area contributed by atoms with Crippen molar-refractivity contribution in [3.63, 3.8) is 0 Å². The summed E-state index contributed by atoms with van der Waals surface area (Å²) in [7, 11) is 0. The molecule has 1 aliphatic rings. The lowest BCUT2D eigenvalue weighted by atomic mass is 9.98. The SMILES string of the molecule is O=C(/C=C/c1ccnc(Cl)c1)N1CCC(CO)CC1. The summed E-state index contributed by atoms with van der Waals surface area (Å²) < 4.78 is 0. The number of hydrogen-bond donors (Lipinski definition) is 1. The molecule has 0 atom stereocenters. The standard InChI is InChI=1S/C14H17ClN2O2/c15-13-9-11(3-6-16-13)1-2-14(19)17-7-4-12(10-18)5-8-17/h1-3,6,9,12,18H,4-5,7-8,10H2/b2-1+. The van der Waals surface area contributed by atoms with Crippen molar-refractivity contribution in [2.45, 2.75) is 12.8 Å². The van der Waals surface area contributed by atoms with E-state index >= 15 is 0 Å². The number of aliphatic hydroxyl groups is 1. The van der Waals surface area contributed by atoms with Crippen LogP contribution < -0.4 is 0 Å². The number of carbonyl (C=O) groups excluding carboxylic acids is 1. The molecule has 1 aromatic rings. The van der Waals surface area contributed by atoms with Gasteiger partial charge in [-0.3, -0.25) is 4.79 Å². The van der Waals surface area contributed by atoms with E-state index in [2.05, 4.69) is 4.98 Å². The van der Waals surface area contributed by atoms with E-state index in [0.29, 0.717) is 24.2 Å². The number of pyridine rings is 1. The molecule has 1 N–H and O–H groups in total. The van der Waals surface area contributed by atoms with E-state index in [1.54, 1.807) is 30.5 Å². The minimum Gasteiger partial charge on any atom is -0.396 e. The highest BCUT2D eigenvalue weighted by molar-refractivity contribution is 6.29. The second-order valence-corrected chi connectivity index (χ2v) is 5.08. The third-order valence-electron chi connectivity index (χ3n) is 3.35. The number of carbonyl (C=O) groups is 1. The number of nitrogens with zero attached hydrogens (tertiary/aromatic N) is 2. The monoisotopic (exact) mass is 280 g/mol. The van der Waals surface area contributed by atoms with Gasteiger partial charge in [-0.1, -0.05) is 11.6 Å². The summed E-state index contributed by atoms with van der Waals surface area (Å²) in [5.74, 6) is 0.344. The lowest BCUT2D eigenvalue weighted by Gasteiger charge is -2.30. The van der Waals surface area contributed by atoms with Crippen molar-refractivity contribution in [1.82, 2.24) is 9.88 Å². The summed E-state index contributed by atoms with van der Waals surface area (Å²) in [4.78, 5) is 17.7. The zero-order chi connectivity index (χ0) is 13.7. The Morgan fingerprint density at radius 1 is 1.53 bits per heavy atom. The van der Waals surface area contributed by atoms with Gasteiger partial charge in [0.15, 0.2) is 0 Å². The number of aliphatic hydroxyl groups excluding tert-OH is 1. The minimum atomic E-state index is 0.00400. The molecular weight excluding hydrogens is 264 g/mol. The Bertz CT molecular complexity index is 468. The minimum absolute atomic E-state index is 0.00400. The maximum atomic E-state index is 12.0. The maximum Gasteiger partial charge on any atom is 0.246 e. The van der Waals surface area contributed by atoms with Crippen LogP contribution in [0.2, 0.25) is 5.15 Å². The molecule has 102 valence electrons. The second-order valence-electron chi connectivity index (χ2n) is 4.70. The zero-order valence-electron chi connectivity index (χ0n) is 10.6. The highest BCUT2D eigenvalue weighted by Gasteiger charge is 2.20. The van der Waals surface area contributed by atoms with Crippen LogP contribution in [0.1, 0.15) is 18.4 Å². The molecule has 2 rings (SSSR count). The van der Waals surface area contributed by atoms with Crippen LogP contribution in [0.5, 0.6) is 0 Å². The van der Waals surface area contributed by atoms with Gasteiger partial charge in [-0.25, -0.2) is 4.98 Å². The van der Waals surface area contributed by atoms with E-state index in [4.69, 9.17) is 16.7 Å². The van der Waals surface area contributed by atoms with Gasteiger partial charge in [0.1, 0.15) is 5.15 Å². The first kappa shape index (κ1) is 14.0. The number of piperidine rings is 1. The van der Waals surface area contributed by atoms with Crippen molar-refractivity contribution >= 4 is 23.6 Å². The van der Waals surface area contributed by atoms with Crippen molar-refractivity contribution in [2.24, 2.45) is 5.92 Å². The van der Waals surface area contributed by atoms with E-state index in [-0.39, 0.29) is 12.5 Å². The molecule has 1 saturated heterocycles. The summed E-state index contributed by atoms with van der Waals surface area (Å²) in [5, 5.41) is 9.47. The van der Waals surface area contributed by atoms with Crippen molar-refractivity contribution in [3.05, 3.63) is 35.1 Å². The summed E-state index contributed by atoms with van der Waals surface area (Å²) in [6, 6.07) is 3.51. The fourth-order valence-corrected chi connectivity index (χ4v) is 2.31. The molecule has 0 bridgehead atoms. The van der Waals surface area contributed by atoms with Crippen LogP contribution in [0.15, 0.2) is 24.4 Å². The first-order valence-corrected chi connectivity index (χ1v) is 6.76. The Morgan fingerprint density at radius 3 is 2.89 bits per heavy atom. The zero-order valence-corrected chi connectivity index (χ0v) is 11.4. The van der Waals surface area contributed by atoms with Gasteiger partial charge in [0.05, 0.1) is 0 Å². The molecule has 2 heterocycles. The molecule has 1 aliphatic heterocycles. The van der Waals surface area contributed by atoms with E-state index in [0.717, 1.165) is 18.4 Å². The molecule has 0 spiro atoms. The highest BCUT2D eigenvalue weighted by Crippen LogP contribution is 2.17. The lowest BCUT2D eigenvalue weighted by Crippen LogP contribution is -2.38. The van der Waals surface area contributed by atoms with E-state index < -0.39 is 0 Å². The Morgan fingerprint density at radius 2 is 2.26 bits per heavy atom. The molecule has 1 fully saturated rings. The van der Waals surface area contributed by atoms with Crippen LogP contribution in [0.4, 0.5) is 0 Å². The van der Waals surface area contributed by atoms with Gasteiger partial charge in [0, 0.05) is 32.0 Å². The van der Waals surface area contributed by atoms with Crippen LogP contribution in [-0.4, -0.2) is 40.6 Å². The third-order valence-corrected chi connectivity index (χ3v) is 3.56. The summed E-state index contributed by atoms with van der Waals surface area (Å²) in [6.07, 6.45) is 6.66. The van der Waals surface area contributed by atoms with Crippen molar-refractivity contribution in [1.29, 1.82) is 0 Å². The van der Waals surface area contributed by atoms with Gasteiger partial charge in [-0.2, -0.15) is 0 Å². The highest BCUT2D eigenvalue weighted by atomic mass is 35.5. The molecular formula is C14H17ClN2O2. The van der Waals surface area contributed by atoms with Gasteiger partial charge >= 0.3 is 0 Å². The predicted octanol–water partition coefficient (Wildman–Crippen LogP) is 1.98. The molecule has 5 heteroatoms. The first-order valence-electron chi connectivity index (χ1n) is 6.38. The Balaban J connectivity index is 1.91. The number of likely N-dealkylation sites (tertiary alicyclic amines) is 1. The van der Waals surface area contributed by atoms with Crippen LogP contribution >= 0.6 is 11.6 Å². The average Bonchev–Trinajstić information content (AvgIpc) is 2.45. The van der Waals surface area contributed by atoms with Gasteiger partial charge < -0.3 is 10.0 Å². The quantitative estimate of drug-likeness (QED) is 0.680. The number of hydrogen-bond acceptors (Lipinski definition) is 3. The Labute approximate surface area is 117 Å². The number of rotatable bonds is 3. The number of amides is 1. The molecule has 1 aromatic heterocycles. The Kier molecular flexibility index (Phi) is 4.93. The fourth-order valence-electron chi connectivity index (χ4n) is 2.13. The van der Waals surface area contributed by atoms with Gasteiger partial charge in [-0.05, 0) is 42.5 Å². The van der Waals surface area contributed by atoms with E-state index in [1.165, 1.54) is 0 Å². The third kappa shape index (κ3) is 4.04. The van der Waals surface area contributed by atoms with E-state index in [9.17, 15) is 4.79 Å². The number of aromatic nitrogens is 1. The Hall–Kier alpha value is -1.39. The van der Waals surface area contributed by atoms with Crippen LogP contribution in [0, 0.1) is 5.92 Å². The van der Waals surface area contributed by atoms with Crippen LogP contribution in [-0.2, 0) is 4.79 Å². The largest absolute Gasteiger partial charge is 0.396 e. The van der Waals surface area contributed by atoms with Gasteiger partial charge in [-0.15, -0.1) is 0 Å². The molecule has 0 saturated carbocycles. The van der Waals surface area contributed by atoms with E-state index in [1.807, 2.05) is 4.90 Å². The molecule has 1 amide bonds. The predicted molar refractivity (Wildman–Crippen MR) is 74.7 cm³/mol. The molecule has 0 aromatic carbocycles. The fraction of sp³-hybridized carbons (Fsp3) is 0.429. The van der Waals surface area contributed by atoms with Crippen LogP contribution in [0.25, 0.3) is 6.08 Å². The molecule has 4 nitrogen and oxygen atoms in total. The van der Waals surface area contributed by atoms with Crippen molar-refractivity contribution < 1.29 is 9.90 Å². The topological polar surface area (TPSA) is 53.4 Å². The van der Waals surface area contributed by atoms with Gasteiger partial charge in [0.25, 0.3) is 0 Å². The molecule has 19 heavy (non-hydrogen) atoms. The molecule has 0 aliphatic carbocycles. The lowest BCUT2D eigenvalue weighted by molar-refractivity contribution is -0.127. The van der Waals surface area contributed by atoms with Crippen LogP contribution in [0.3, 0.4) is 0 Å². The second kappa shape index (κ2) is 6.68. The maximum absolute atomic E-state index is 12.0. The molecule has 0 radical (unpaired) electrons. The molecule has 0 unspecified atom stereocenters. The summed E-state index contributed by atoms with van der Waals surface area (Å²) in [5.41, 5.74) is 0.860. The van der Waals surface area contributed by atoms with Crippen molar-refractivity contribution in [2.75, 3.05) is 19.7 Å². The summed E-state index contributed by atoms with van der Waals surface area (Å²) in [6.45, 7) is 1.64. The average molecular weight is 281 g/mol. The summed E-state index contributed by atoms with van der Waals surface area (Å²) >= 11 is 5.78. The normalized spacial score (nSPS) is 17.1. The first-order chi connectivity index (χ1) is 9.19.